The molecule has 104 valence electrons. The maximum Gasteiger partial charge on any atom is 0.255 e. The molecule has 0 saturated heterocycles. The topological polar surface area (TPSA) is 55.1 Å². The second-order valence-corrected chi connectivity index (χ2v) is 4.78. The first-order chi connectivity index (χ1) is 9.51. The average molecular weight is 272 g/mol. The van der Waals surface area contributed by atoms with Gasteiger partial charge in [-0.05, 0) is 43.7 Å². The molecule has 1 amide bonds. The number of halogens is 1. The van der Waals surface area contributed by atoms with Gasteiger partial charge >= 0.3 is 0 Å². The third-order valence-corrected chi connectivity index (χ3v) is 3.15. The molecule has 2 aromatic rings. The van der Waals surface area contributed by atoms with Crippen LogP contribution in [0.15, 0.2) is 36.4 Å². The fourth-order valence-electron chi connectivity index (χ4n) is 2.08. The monoisotopic (exact) mass is 272 g/mol. The smallest absolute Gasteiger partial charge is 0.255 e. The number of carbonyl (C=O) groups is 1. The summed E-state index contributed by atoms with van der Waals surface area (Å²) < 4.78 is 13.3. The molecule has 0 atom stereocenters. The molecule has 2 aromatic carbocycles. The maximum absolute atomic E-state index is 13.3. The van der Waals surface area contributed by atoms with Gasteiger partial charge in [0.05, 0.1) is 0 Å². The lowest BCUT2D eigenvalue weighted by atomic mass is 10.0. The van der Waals surface area contributed by atoms with Crippen LogP contribution in [-0.2, 0) is 6.54 Å². The maximum atomic E-state index is 13.3. The van der Waals surface area contributed by atoms with Crippen LogP contribution >= 0.6 is 0 Å². The summed E-state index contributed by atoms with van der Waals surface area (Å²) in [6.07, 6.45) is 0. The summed E-state index contributed by atoms with van der Waals surface area (Å²) >= 11 is 0. The Bertz CT molecular complexity index is 653. The van der Waals surface area contributed by atoms with E-state index in [2.05, 4.69) is 5.32 Å². The summed E-state index contributed by atoms with van der Waals surface area (Å²) in [5.41, 5.74) is 8.98. The Balaban J connectivity index is 2.23. The number of hydrogen-bond acceptors (Lipinski definition) is 2. The lowest BCUT2D eigenvalue weighted by Gasteiger charge is -2.10. The molecule has 3 N–H and O–H groups in total. The third kappa shape index (κ3) is 3.03. The second-order valence-electron chi connectivity index (χ2n) is 4.78. The highest BCUT2D eigenvalue weighted by molar-refractivity contribution is 6.05. The van der Waals surface area contributed by atoms with Crippen molar-refractivity contribution in [3.8, 4) is 0 Å². The molecular formula is C16H17FN2O. The number of benzene rings is 2. The van der Waals surface area contributed by atoms with Gasteiger partial charge in [0, 0.05) is 23.4 Å². The lowest BCUT2D eigenvalue weighted by molar-refractivity contribution is 0.102. The van der Waals surface area contributed by atoms with Gasteiger partial charge in [-0.2, -0.15) is 0 Å². The van der Waals surface area contributed by atoms with Gasteiger partial charge in [0.15, 0.2) is 0 Å². The molecule has 0 bridgehead atoms. The first kappa shape index (κ1) is 14.2. The van der Waals surface area contributed by atoms with Crippen molar-refractivity contribution in [1.29, 1.82) is 0 Å². The summed E-state index contributed by atoms with van der Waals surface area (Å²) in [5, 5.41) is 2.76. The van der Waals surface area contributed by atoms with Crippen molar-refractivity contribution < 1.29 is 9.18 Å². The number of amides is 1. The fourth-order valence-corrected chi connectivity index (χ4v) is 2.08. The number of hydrogen-bond donors (Lipinski definition) is 2. The lowest BCUT2D eigenvalue weighted by Crippen LogP contribution is -2.14. The highest BCUT2D eigenvalue weighted by Gasteiger charge is 2.10. The number of rotatable bonds is 3. The summed E-state index contributed by atoms with van der Waals surface area (Å²) in [6.45, 7) is 3.96. The summed E-state index contributed by atoms with van der Waals surface area (Å²) in [4.78, 5) is 12.2. The van der Waals surface area contributed by atoms with Crippen LogP contribution in [0, 0.1) is 19.7 Å². The highest BCUT2D eigenvalue weighted by Crippen LogP contribution is 2.17. The first-order valence-electron chi connectivity index (χ1n) is 6.38. The van der Waals surface area contributed by atoms with E-state index in [1.165, 1.54) is 12.1 Å². The van der Waals surface area contributed by atoms with E-state index in [1.54, 1.807) is 12.1 Å². The first-order valence-corrected chi connectivity index (χ1v) is 6.38. The van der Waals surface area contributed by atoms with Gasteiger partial charge < -0.3 is 11.1 Å². The molecule has 0 radical (unpaired) electrons. The molecular weight excluding hydrogens is 255 g/mol. The van der Waals surface area contributed by atoms with E-state index in [0.29, 0.717) is 16.8 Å². The fraction of sp³-hybridized carbons (Fsp3) is 0.188. The molecule has 0 fully saturated rings. The Morgan fingerprint density at radius 3 is 2.60 bits per heavy atom. The van der Waals surface area contributed by atoms with Crippen molar-refractivity contribution in [2.75, 3.05) is 5.32 Å². The van der Waals surface area contributed by atoms with Crippen LogP contribution < -0.4 is 11.1 Å². The van der Waals surface area contributed by atoms with Gasteiger partial charge in [0.25, 0.3) is 5.91 Å². The second kappa shape index (κ2) is 5.84. The summed E-state index contributed by atoms with van der Waals surface area (Å²) in [5.74, 6) is -0.575. The zero-order valence-corrected chi connectivity index (χ0v) is 11.5. The van der Waals surface area contributed by atoms with E-state index in [0.717, 1.165) is 11.1 Å². The van der Waals surface area contributed by atoms with Gasteiger partial charge in [-0.3, -0.25) is 4.79 Å². The van der Waals surface area contributed by atoms with Gasteiger partial charge in [0.1, 0.15) is 5.82 Å². The largest absolute Gasteiger partial charge is 0.326 e. The van der Waals surface area contributed by atoms with Crippen molar-refractivity contribution >= 4 is 11.6 Å². The minimum Gasteiger partial charge on any atom is -0.326 e. The minimum absolute atomic E-state index is 0.0963. The number of nitrogens with two attached hydrogens (primary N) is 1. The predicted octanol–water partition coefficient (Wildman–Crippen LogP) is 3.15. The Hall–Kier alpha value is -2.20. The van der Waals surface area contributed by atoms with E-state index >= 15 is 0 Å². The number of carbonyl (C=O) groups excluding carboxylic acids is 1. The number of nitrogens with one attached hydrogen (secondary N) is 1. The predicted molar refractivity (Wildman–Crippen MR) is 78.2 cm³/mol. The van der Waals surface area contributed by atoms with Crippen molar-refractivity contribution in [1.82, 2.24) is 0 Å². The number of anilines is 1. The van der Waals surface area contributed by atoms with Crippen molar-refractivity contribution in [2.24, 2.45) is 5.73 Å². The van der Waals surface area contributed by atoms with Gasteiger partial charge in [-0.1, -0.05) is 17.7 Å². The summed E-state index contributed by atoms with van der Waals surface area (Å²) in [7, 11) is 0. The van der Waals surface area contributed by atoms with E-state index in [1.807, 2.05) is 26.0 Å². The van der Waals surface area contributed by atoms with Gasteiger partial charge in [-0.15, -0.1) is 0 Å². The Labute approximate surface area is 117 Å². The Morgan fingerprint density at radius 1 is 1.20 bits per heavy atom. The molecule has 2 rings (SSSR count). The van der Waals surface area contributed by atoms with E-state index < -0.39 is 0 Å². The van der Waals surface area contributed by atoms with Crippen molar-refractivity contribution in [2.45, 2.75) is 20.4 Å². The van der Waals surface area contributed by atoms with Crippen molar-refractivity contribution in [3.05, 3.63) is 64.5 Å². The summed E-state index contributed by atoms with van der Waals surface area (Å²) in [6, 6.07) is 10.0. The normalized spacial score (nSPS) is 10.4. The van der Waals surface area contributed by atoms with Crippen LogP contribution in [0.3, 0.4) is 0 Å². The standard InChI is InChI=1S/C16H17FN2O/c1-10-3-5-14(11(2)7-10)16(20)19-13-4-6-15(17)12(8-13)9-18/h3-8H,9,18H2,1-2H3,(H,19,20). The Kier molecular flexibility index (Phi) is 4.15. The minimum atomic E-state index is -0.364. The van der Waals surface area contributed by atoms with E-state index in [-0.39, 0.29) is 18.3 Å². The van der Waals surface area contributed by atoms with Crippen LogP contribution in [0.25, 0.3) is 0 Å². The molecule has 0 unspecified atom stereocenters. The van der Waals surface area contributed by atoms with Gasteiger partial charge in [-0.25, -0.2) is 4.39 Å². The van der Waals surface area contributed by atoms with Gasteiger partial charge in [0.2, 0.25) is 0 Å². The van der Waals surface area contributed by atoms with Crippen LogP contribution in [-0.4, -0.2) is 5.91 Å². The molecule has 4 heteroatoms. The van der Waals surface area contributed by atoms with Crippen LogP contribution in [0.4, 0.5) is 10.1 Å². The average Bonchev–Trinajstić information content (AvgIpc) is 2.40. The molecule has 0 heterocycles. The molecule has 0 aliphatic heterocycles. The zero-order valence-electron chi connectivity index (χ0n) is 11.5. The molecule has 0 saturated carbocycles. The number of aryl methyl sites for hydroxylation is 2. The Morgan fingerprint density at radius 2 is 1.95 bits per heavy atom. The molecule has 3 nitrogen and oxygen atoms in total. The van der Waals surface area contributed by atoms with E-state index in [4.69, 9.17) is 5.73 Å². The third-order valence-electron chi connectivity index (χ3n) is 3.15. The van der Waals surface area contributed by atoms with Crippen LogP contribution in [0.5, 0.6) is 0 Å². The van der Waals surface area contributed by atoms with Crippen LogP contribution in [0.2, 0.25) is 0 Å². The molecule has 0 aromatic heterocycles. The van der Waals surface area contributed by atoms with Crippen LogP contribution in [0.1, 0.15) is 27.0 Å². The SMILES string of the molecule is Cc1ccc(C(=O)Nc2ccc(F)c(CN)c2)c(C)c1. The van der Waals surface area contributed by atoms with E-state index in [9.17, 15) is 9.18 Å². The highest BCUT2D eigenvalue weighted by atomic mass is 19.1. The quantitative estimate of drug-likeness (QED) is 0.901. The van der Waals surface area contributed by atoms with Crippen molar-refractivity contribution in [3.63, 3.8) is 0 Å². The zero-order chi connectivity index (χ0) is 14.7. The molecule has 0 spiro atoms. The molecule has 0 aliphatic carbocycles. The molecule has 20 heavy (non-hydrogen) atoms. The molecule has 0 aliphatic rings.